The summed E-state index contributed by atoms with van der Waals surface area (Å²) in [6.45, 7) is 4.57. The molecule has 0 atom stereocenters. The smallest absolute Gasteiger partial charge is 0.229 e. The molecule has 0 aliphatic carbocycles. The lowest BCUT2D eigenvalue weighted by Gasteiger charge is -2.14. The van der Waals surface area contributed by atoms with Gasteiger partial charge in [-0.3, -0.25) is 0 Å². The van der Waals surface area contributed by atoms with E-state index in [4.69, 9.17) is 0 Å². The van der Waals surface area contributed by atoms with Crippen molar-refractivity contribution in [3.8, 4) is 11.3 Å². The average Bonchev–Trinajstić information content (AvgIpc) is 3.47. The van der Waals surface area contributed by atoms with Gasteiger partial charge in [-0.25, -0.2) is 4.98 Å². The molecule has 0 radical (unpaired) electrons. The molecule has 6 heteroatoms. The van der Waals surface area contributed by atoms with Gasteiger partial charge >= 0.3 is 0 Å². The van der Waals surface area contributed by atoms with Crippen LogP contribution in [0, 0.1) is 0 Å². The van der Waals surface area contributed by atoms with Crippen LogP contribution in [0.1, 0.15) is 19.3 Å². The molecular weight excluding hydrogens is 384 g/mol. The molecule has 0 saturated carbocycles. The first-order valence-electron chi connectivity index (χ1n) is 11.1. The third-order valence-corrected chi connectivity index (χ3v) is 5.77. The highest BCUT2D eigenvalue weighted by molar-refractivity contribution is 5.86. The van der Waals surface area contributed by atoms with Crippen molar-refractivity contribution in [2.24, 2.45) is 0 Å². The molecule has 0 bridgehead atoms. The molecule has 3 N–H and O–H groups in total. The van der Waals surface area contributed by atoms with E-state index in [1.807, 2.05) is 24.3 Å². The Labute approximate surface area is 182 Å². The fourth-order valence-corrected chi connectivity index (χ4v) is 4.17. The molecule has 2 aromatic heterocycles. The highest BCUT2D eigenvalue weighted by atomic mass is 15.2. The second kappa shape index (κ2) is 9.18. The Bertz CT molecular complexity index is 1110. The zero-order valence-corrected chi connectivity index (χ0v) is 17.6. The lowest BCUT2D eigenvalue weighted by molar-refractivity contribution is 0.337. The Morgan fingerprint density at radius 1 is 0.968 bits per heavy atom. The van der Waals surface area contributed by atoms with Gasteiger partial charge in [0.25, 0.3) is 0 Å². The second-order valence-corrected chi connectivity index (χ2v) is 8.07. The van der Waals surface area contributed by atoms with Gasteiger partial charge in [0.2, 0.25) is 5.95 Å². The summed E-state index contributed by atoms with van der Waals surface area (Å²) in [5, 5.41) is 7.97. The van der Waals surface area contributed by atoms with Crippen molar-refractivity contribution in [1.29, 1.82) is 0 Å². The first-order chi connectivity index (χ1) is 15.3. The Balaban J connectivity index is 1.22. The summed E-state index contributed by atoms with van der Waals surface area (Å²) in [6, 6.07) is 20.7. The number of nitrogens with one attached hydrogen (secondary N) is 3. The summed E-state index contributed by atoms with van der Waals surface area (Å²) in [5.41, 5.74) is 4.32. The molecule has 0 amide bonds. The van der Waals surface area contributed by atoms with Gasteiger partial charge in [0, 0.05) is 40.6 Å². The Hall–Kier alpha value is -3.38. The number of anilines is 3. The summed E-state index contributed by atoms with van der Waals surface area (Å²) in [5.74, 6) is 1.45. The Morgan fingerprint density at radius 2 is 1.87 bits per heavy atom. The van der Waals surface area contributed by atoms with E-state index in [2.05, 4.69) is 66.9 Å². The van der Waals surface area contributed by atoms with Gasteiger partial charge in [0.05, 0.1) is 0 Å². The summed E-state index contributed by atoms with van der Waals surface area (Å²) in [6.07, 6.45) is 5.60. The predicted octanol–water partition coefficient (Wildman–Crippen LogP) is 5.27. The van der Waals surface area contributed by atoms with E-state index in [1.54, 1.807) is 6.20 Å². The van der Waals surface area contributed by atoms with Gasteiger partial charge in [-0.1, -0.05) is 30.3 Å². The lowest BCUT2D eigenvalue weighted by atomic mass is 10.1. The lowest BCUT2D eigenvalue weighted by Crippen LogP contribution is -2.22. The van der Waals surface area contributed by atoms with E-state index in [9.17, 15) is 0 Å². The van der Waals surface area contributed by atoms with Crippen molar-refractivity contribution in [2.75, 3.05) is 36.8 Å². The highest BCUT2D eigenvalue weighted by Crippen LogP contribution is 2.27. The van der Waals surface area contributed by atoms with Crippen LogP contribution in [0.2, 0.25) is 0 Å². The normalized spacial score (nSPS) is 14.2. The average molecular weight is 413 g/mol. The molecule has 0 unspecified atom stereocenters. The molecular formula is C25H28N6. The molecule has 2 aromatic carbocycles. The maximum Gasteiger partial charge on any atom is 0.229 e. The molecule has 5 rings (SSSR count). The molecule has 1 fully saturated rings. The van der Waals surface area contributed by atoms with Crippen LogP contribution in [-0.4, -0.2) is 46.0 Å². The van der Waals surface area contributed by atoms with Gasteiger partial charge in [-0.05, 0) is 69.2 Å². The summed E-state index contributed by atoms with van der Waals surface area (Å²) >= 11 is 0. The topological polar surface area (TPSA) is 68.9 Å². The fourth-order valence-electron chi connectivity index (χ4n) is 4.17. The number of aromatic amines is 1. The number of hydrogen-bond donors (Lipinski definition) is 3. The van der Waals surface area contributed by atoms with Crippen molar-refractivity contribution in [3.05, 3.63) is 66.9 Å². The van der Waals surface area contributed by atoms with Crippen molar-refractivity contribution in [1.82, 2.24) is 19.9 Å². The molecule has 1 aliphatic rings. The molecule has 3 heterocycles. The number of aromatic nitrogens is 3. The SMILES string of the molecule is c1cc(Nc2nccc(NCCCN3CCCC3)n2)cc(-c2cc3ccccc3[nH]2)c1. The van der Waals surface area contributed by atoms with E-state index in [1.165, 1.54) is 31.3 Å². The van der Waals surface area contributed by atoms with Gasteiger partial charge in [-0.15, -0.1) is 0 Å². The van der Waals surface area contributed by atoms with Crippen LogP contribution in [0.5, 0.6) is 0 Å². The number of H-pyrrole nitrogens is 1. The van der Waals surface area contributed by atoms with Crippen LogP contribution in [-0.2, 0) is 0 Å². The van der Waals surface area contributed by atoms with Crippen LogP contribution in [0.3, 0.4) is 0 Å². The minimum atomic E-state index is 0.596. The fraction of sp³-hybridized carbons (Fsp3) is 0.280. The van der Waals surface area contributed by atoms with Crippen molar-refractivity contribution in [3.63, 3.8) is 0 Å². The standard InChI is InChI=1S/C25H28N6/c1-2-10-22-20(7-1)18-23(29-22)19-8-5-9-21(17-19)28-25-27-13-11-24(30-25)26-12-6-16-31-14-3-4-15-31/h1-2,5,7-11,13,17-18,29H,3-4,6,12,14-16H2,(H2,26,27,28,30). The van der Waals surface area contributed by atoms with Gasteiger partial charge in [-0.2, -0.15) is 4.98 Å². The van der Waals surface area contributed by atoms with E-state index in [0.29, 0.717) is 5.95 Å². The minimum Gasteiger partial charge on any atom is -0.370 e. The number of nitrogens with zero attached hydrogens (tertiary/aromatic N) is 3. The van der Waals surface area contributed by atoms with Crippen molar-refractivity contribution in [2.45, 2.75) is 19.3 Å². The van der Waals surface area contributed by atoms with Crippen LogP contribution >= 0.6 is 0 Å². The summed E-state index contributed by atoms with van der Waals surface area (Å²) in [7, 11) is 0. The Morgan fingerprint density at radius 3 is 2.77 bits per heavy atom. The number of likely N-dealkylation sites (tertiary alicyclic amines) is 1. The zero-order valence-electron chi connectivity index (χ0n) is 17.6. The van der Waals surface area contributed by atoms with E-state index in [0.717, 1.165) is 47.8 Å². The number of fused-ring (bicyclic) bond motifs is 1. The predicted molar refractivity (Wildman–Crippen MR) is 128 cm³/mol. The monoisotopic (exact) mass is 412 g/mol. The van der Waals surface area contributed by atoms with Crippen molar-refractivity contribution >= 4 is 28.4 Å². The van der Waals surface area contributed by atoms with E-state index >= 15 is 0 Å². The first-order valence-corrected chi connectivity index (χ1v) is 11.1. The van der Waals surface area contributed by atoms with Gasteiger partial charge in [0.1, 0.15) is 5.82 Å². The maximum atomic E-state index is 4.62. The maximum absolute atomic E-state index is 4.62. The quantitative estimate of drug-likeness (QED) is 0.344. The van der Waals surface area contributed by atoms with E-state index in [-0.39, 0.29) is 0 Å². The second-order valence-electron chi connectivity index (χ2n) is 8.07. The van der Waals surface area contributed by atoms with E-state index < -0.39 is 0 Å². The molecule has 1 aliphatic heterocycles. The minimum absolute atomic E-state index is 0.596. The highest BCUT2D eigenvalue weighted by Gasteiger charge is 2.10. The summed E-state index contributed by atoms with van der Waals surface area (Å²) in [4.78, 5) is 15.0. The number of para-hydroxylation sites is 1. The van der Waals surface area contributed by atoms with Crippen molar-refractivity contribution < 1.29 is 0 Å². The van der Waals surface area contributed by atoms with Gasteiger partial charge < -0.3 is 20.5 Å². The summed E-state index contributed by atoms with van der Waals surface area (Å²) < 4.78 is 0. The Kier molecular flexibility index (Phi) is 5.80. The van der Waals surface area contributed by atoms with Gasteiger partial charge in [0.15, 0.2) is 0 Å². The third-order valence-electron chi connectivity index (χ3n) is 5.77. The van der Waals surface area contributed by atoms with Crippen LogP contribution in [0.15, 0.2) is 66.9 Å². The number of hydrogen-bond acceptors (Lipinski definition) is 5. The molecule has 4 aromatic rings. The molecule has 6 nitrogen and oxygen atoms in total. The molecule has 31 heavy (non-hydrogen) atoms. The van der Waals surface area contributed by atoms with Crippen LogP contribution in [0.4, 0.5) is 17.5 Å². The number of benzene rings is 2. The largest absolute Gasteiger partial charge is 0.370 e. The third kappa shape index (κ3) is 4.86. The van der Waals surface area contributed by atoms with Crippen LogP contribution in [0.25, 0.3) is 22.2 Å². The molecule has 1 saturated heterocycles. The zero-order chi connectivity index (χ0) is 20.9. The van der Waals surface area contributed by atoms with Crippen LogP contribution < -0.4 is 10.6 Å². The first kappa shape index (κ1) is 19.6. The molecule has 0 spiro atoms. The molecule has 158 valence electrons. The number of rotatable bonds is 8.